The third-order valence-corrected chi connectivity index (χ3v) is 7.05. The maximum atomic E-state index is 13.7. The van der Waals surface area contributed by atoms with Crippen molar-refractivity contribution in [3.05, 3.63) is 89.6 Å². The van der Waals surface area contributed by atoms with Crippen LogP contribution in [-0.2, 0) is 23.4 Å². The predicted molar refractivity (Wildman–Crippen MR) is 156 cm³/mol. The van der Waals surface area contributed by atoms with Crippen LogP contribution in [-0.4, -0.2) is 58.1 Å². The average molecular weight is 544 g/mol. The number of aromatic nitrogens is 2. The summed E-state index contributed by atoms with van der Waals surface area (Å²) >= 11 is 0. The maximum Gasteiger partial charge on any atom is 0.319 e. The number of nitrogens with one attached hydrogen (secondary N) is 3. The Morgan fingerprint density at radius 3 is 2.35 bits per heavy atom. The van der Waals surface area contributed by atoms with Gasteiger partial charge in [-0.05, 0) is 70.8 Å². The molecule has 10 nitrogen and oxygen atoms in total. The molecule has 210 valence electrons. The normalized spacial score (nSPS) is 14.4. The first kappa shape index (κ1) is 28.6. The number of likely N-dealkylation sites (N-methyl/N-ethyl adjacent to an activating group) is 1. The van der Waals surface area contributed by atoms with Crippen LogP contribution in [0.1, 0.15) is 54.0 Å². The van der Waals surface area contributed by atoms with Crippen molar-refractivity contribution in [3.63, 3.8) is 0 Å². The Hall–Kier alpha value is -4.44. The van der Waals surface area contributed by atoms with Crippen LogP contribution in [0, 0.1) is 0 Å². The highest BCUT2D eigenvalue weighted by Gasteiger charge is 2.45. The van der Waals surface area contributed by atoms with E-state index in [-0.39, 0.29) is 23.9 Å². The van der Waals surface area contributed by atoms with Gasteiger partial charge < -0.3 is 25.8 Å². The third-order valence-electron chi connectivity index (χ3n) is 7.05. The Bertz CT molecular complexity index is 1390. The van der Waals surface area contributed by atoms with Gasteiger partial charge in [-0.2, -0.15) is 5.10 Å². The van der Waals surface area contributed by atoms with E-state index in [0.717, 1.165) is 16.8 Å². The first-order valence-electron chi connectivity index (χ1n) is 13.3. The summed E-state index contributed by atoms with van der Waals surface area (Å²) in [5.41, 5.74) is 3.06. The van der Waals surface area contributed by atoms with E-state index in [0.29, 0.717) is 36.7 Å². The van der Waals surface area contributed by atoms with Gasteiger partial charge >= 0.3 is 6.03 Å². The van der Waals surface area contributed by atoms with Gasteiger partial charge in [0, 0.05) is 29.9 Å². The van der Waals surface area contributed by atoms with Gasteiger partial charge in [-0.1, -0.05) is 36.9 Å². The lowest BCUT2D eigenvalue weighted by Crippen LogP contribution is -2.49. The maximum absolute atomic E-state index is 13.7. The fourth-order valence-electron chi connectivity index (χ4n) is 5.06. The zero-order valence-corrected chi connectivity index (χ0v) is 23.7. The summed E-state index contributed by atoms with van der Waals surface area (Å²) in [5, 5.41) is 13.5. The molecule has 1 aliphatic rings. The van der Waals surface area contributed by atoms with Crippen LogP contribution >= 0.6 is 0 Å². The Morgan fingerprint density at radius 2 is 1.75 bits per heavy atom. The summed E-state index contributed by atoms with van der Waals surface area (Å²) in [4.78, 5) is 42.2. The topological polar surface area (TPSA) is 112 Å². The zero-order valence-electron chi connectivity index (χ0n) is 23.7. The molecule has 0 aliphatic carbocycles. The van der Waals surface area contributed by atoms with E-state index in [1.807, 2.05) is 74.8 Å². The number of aryl methyl sites for hydroxylation is 1. The standard InChI is InChI=1S/C30H37N7O3/c1-7-25(38)31-22-16-14-21(15-17-22)28(39)33-27-23-18-36(30(3,4)26(23)37(8-2)34-27)29(40)32-24(19-35(5)6)20-12-10-9-11-13-20/h7,9-17,24H,1,8,18-19H2,2-6H3,(H,31,38)(H,32,40)(H,33,34,39). The van der Waals surface area contributed by atoms with Crippen LogP contribution in [0.4, 0.5) is 16.3 Å². The van der Waals surface area contributed by atoms with E-state index in [1.165, 1.54) is 6.08 Å². The van der Waals surface area contributed by atoms with Crippen LogP contribution in [0.2, 0.25) is 0 Å². The van der Waals surface area contributed by atoms with Gasteiger partial charge in [-0.25, -0.2) is 4.79 Å². The molecule has 0 radical (unpaired) electrons. The van der Waals surface area contributed by atoms with Crippen LogP contribution in [0.25, 0.3) is 0 Å². The lowest BCUT2D eigenvalue weighted by atomic mass is 10.00. The van der Waals surface area contributed by atoms with Gasteiger partial charge in [0.1, 0.15) is 0 Å². The van der Waals surface area contributed by atoms with Crippen molar-refractivity contribution >= 4 is 29.4 Å². The van der Waals surface area contributed by atoms with Crippen molar-refractivity contribution in [3.8, 4) is 0 Å². The lowest BCUT2D eigenvalue weighted by molar-refractivity contribution is -0.111. The molecule has 0 spiro atoms. The summed E-state index contributed by atoms with van der Waals surface area (Å²) in [6, 6.07) is 16.1. The van der Waals surface area contributed by atoms with Gasteiger partial charge in [0.25, 0.3) is 5.91 Å². The summed E-state index contributed by atoms with van der Waals surface area (Å²) in [5.74, 6) is -0.228. The highest BCUT2D eigenvalue weighted by Crippen LogP contribution is 2.42. The molecule has 2 aromatic carbocycles. The molecule has 1 aromatic heterocycles. The number of carbonyl (C=O) groups excluding carboxylic acids is 3. The molecule has 4 amide bonds. The van der Waals surface area contributed by atoms with Crippen LogP contribution < -0.4 is 16.0 Å². The van der Waals surface area contributed by atoms with Gasteiger partial charge in [-0.15, -0.1) is 0 Å². The van der Waals surface area contributed by atoms with Crippen molar-refractivity contribution in [2.24, 2.45) is 0 Å². The van der Waals surface area contributed by atoms with Crippen molar-refractivity contribution < 1.29 is 14.4 Å². The number of fused-ring (bicyclic) bond motifs is 1. The van der Waals surface area contributed by atoms with Crippen molar-refractivity contribution in [2.45, 2.75) is 45.4 Å². The molecule has 3 N–H and O–H groups in total. The Balaban J connectivity index is 1.55. The summed E-state index contributed by atoms with van der Waals surface area (Å²) in [6.07, 6.45) is 1.18. The summed E-state index contributed by atoms with van der Waals surface area (Å²) in [6.45, 7) is 11.0. The minimum atomic E-state index is -0.657. The van der Waals surface area contributed by atoms with Gasteiger partial charge in [-0.3, -0.25) is 14.3 Å². The smallest absolute Gasteiger partial charge is 0.319 e. The van der Waals surface area contributed by atoms with E-state index >= 15 is 0 Å². The highest BCUT2D eigenvalue weighted by molar-refractivity contribution is 6.05. The highest BCUT2D eigenvalue weighted by atomic mass is 16.2. The van der Waals surface area contributed by atoms with E-state index in [4.69, 9.17) is 0 Å². The zero-order chi connectivity index (χ0) is 29.0. The second kappa shape index (κ2) is 11.7. The fraction of sp³-hybridized carbons (Fsp3) is 0.333. The number of hydrogen-bond donors (Lipinski definition) is 3. The van der Waals surface area contributed by atoms with Crippen LogP contribution in [0.15, 0.2) is 67.3 Å². The molecule has 1 atom stereocenters. The number of carbonyl (C=O) groups is 3. The minimum Gasteiger partial charge on any atom is -0.330 e. The molecule has 10 heteroatoms. The molecular formula is C30H37N7O3. The van der Waals surface area contributed by atoms with Gasteiger partial charge in [0.05, 0.1) is 23.8 Å². The van der Waals surface area contributed by atoms with Crippen molar-refractivity contribution in [1.29, 1.82) is 0 Å². The quantitative estimate of drug-likeness (QED) is 0.348. The molecule has 2 heterocycles. The molecular weight excluding hydrogens is 506 g/mol. The molecule has 1 aliphatic heterocycles. The molecule has 0 saturated carbocycles. The van der Waals surface area contributed by atoms with Gasteiger partial charge in [0.2, 0.25) is 5.91 Å². The predicted octanol–water partition coefficient (Wildman–Crippen LogP) is 4.34. The van der Waals surface area contributed by atoms with Crippen molar-refractivity contribution in [2.75, 3.05) is 31.3 Å². The monoisotopic (exact) mass is 543 g/mol. The van der Waals surface area contributed by atoms with Crippen molar-refractivity contribution in [1.82, 2.24) is 24.9 Å². The molecule has 0 saturated heterocycles. The Morgan fingerprint density at radius 1 is 1.07 bits per heavy atom. The molecule has 0 fully saturated rings. The van der Waals surface area contributed by atoms with Crippen LogP contribution in [0.3, 0.4) is 0 Å². The second-order valence-electron chi connectivity index (χ2n) is 10.5. The number of anilines is 2. The number of nitrogens with zero attached hydrogens (tertiary/aromatic N) is 4. The summed E-state index contributed by atoms with van der Waals surface area (Å²) < 4.78 is 1.85. The first-order valence-corrected chi connectivity index (χ1v) is 13.3. The first-order chi connectivity index (χ1) is 19.0. The number of rotatable bonds is 9. The molecule has 0 bridgehead atoms. The number of urea groups is 1. The van der Waals surface area contributed by atoms with E-state index in [9.17, 15) is 14.4 Å². The average Bonchev–Trinajstić information content (AvgIpc) is 3.43. The molecule has 40 heavy (non-hydrogen) atoms. The number of benzene rings is 2. The second-order valence-corrected chi connectivity index (χ2v) is 10.5. The largest absolute Gasteiger partial charge is 0.330 e. The Labute approximate surface area is 235 Å². The van der Waals surface area contributed by atoms with E-state index in [1.54, 1.807) is 29.2 Å². The van der Waals surface area contributed by atoms with E-state index in [2.05, 4.69) is 27.6 Å². The minimum absolute atomic E-state index is 0.186. The molecule has 4 rings (SSSR count). The lowest BCUT2D eigenvalue weighted by Gasteiger charge is -2.35. The van der Waals surface area contributed by atoms with Crippen LogP contribution in [0.5, 0.6) is 0 Å². The molecule has 1 unspecified atom stereocenters. The number of hydrogen-bond acceptors (Lipinski definition) is 5. The van der Waals surface area contributed by atoms with Gasteiger partial charge in [0.15, 0.2) is 5.82 Å². The Kier molecular flexibility index (Phi) is 8.39. The summed E-state index contributed by atoms with van der Waals surface area (Å²) in [7, 11) is 3.96. The molecule has 3 aromatic rings. The SMILES string of the molecule is C=CC(=O)Nc1ccc(C(=O)Nc2nn(CC)c3c2CN(C(=O)NC(CN(C)C)c2ccccc2)C3(C)C)cc1. The van der Waals surface area contributed by atoms with E-state index < -0.39 is 5.54 Å². The third kappa shape index (κ3) is 5.91. The number of amides is 4. The fourth-order valence-corrected chi connectivity index (χ4v) is 5.06.